The molecule has 0 spiro atoms. The summed E-state index contributed by atoms with van der Waals surface area (Å²) in [5, 5.41) is 3.59. The number of rotatable bonds is 6. The van der Waals surface area contributed by atoms with Gasteiger partial charge in [0, 0.05) is 0 Å². The Bertz CT molecular complexity index is 694. The van der Waals surface area contributed by atoms with Crippen molar-refractivity contribution in [2.75, 3.05) is 13.7 Å². The summed E-state index contributed by atoms with van der Waals surface area (Å²) in [6.45, 7) is 1.90. The maximum atomic E-state index is 12.9. The topological polar surface area (TPSA) is 53.3 Å². The van der Waals surface area contributed by atoms with Gasteiger partial charge >= 0.3 is 12.1 Å². The zero-order valence-electron chi connectivity index (χ0n) is 13.3. The summed E-state index contributed by atoms with van der Waals surface area (Å²) in [5.74, 6) is 0.0454. The van der Waals surface area contributed by atoms with Crippen molar-refractivity contribution in [2.24, 2.45) is 0 Å². The molecule has 0 bridgehead atoms. The minimum Gasteiger partial charge on any atom is -0.497 e. The number of hydrogen-bond acceptors (Lipinski definition) is 4. The van der Waals surface area contributed by atoms with Crippen molar-refractivity contribution in [1.29, 1.82) is 0 Å². The second kappa shape index (κ2) is 7.37. The van der Waals surface area contributed by atoms with Crippen LogP contribution in [0, 0.1) is 0 Å². The highest BCUT2D eigenvalue weighted by molar-refractivity contribution is 5.72. The predicted molar refractivity (Wildman–Crippen MR) is 79.7 cm³/mol. The molecule has 0 fully saturated rings. The Morgan fingerprint density at radius 2 is 1.92 bits per heavy atom. The highest BCUT2D eigenvalue weighted by atomic mass is 19.4. The van der Waals surface area contributed by atoms with Gasteiger partial charge in [0.05, 0.1) is 32.4 Å². The van der Waals surface area contributed by atoms with Crippen LogP contribution >= 0.6 is 0 Å². The third-order valence-corrected chi connectivity index (χ3v) is 3.28. The van der Waals surface area contributed by atoms with E-state index in [9.17, 15) is 18.0 Å². The van der Waals surface area contributed by atoms with Gasteiger partial charge in [0.15, 0.2) is 5.69 Å². The first-order valence-corrected chi connectivity index (χ1v) is 7.26. The van der Waals surface area contributed by atoms with Crippen LogP contribution in [-0.4, -0.2) is 29.5 Å². The standard InChI is InChI=1S/C16H17F3N2O3/c1-3-24-15(22)9-12-8-14(16(17,18)19)20-21(12)10-11-4-6-13(23-2)7-5-11/h4-8H,3,9-10H2,1-2H3. The molecule has 5 nitrogen and oxygen atoms in total. The Hall–Kier alpha value is -2.51. The van der Waals surface area contributed by atoms with Crippen LogP contribution in [0.4, 0.5) is 13.2 Å². The number of carbonyl (C=O) groups is 1. The van der Waals surface area contributed by atoms with Gasteiger partial charge in [-0.3, -0.25) is 9.48 Å². The number of hydrogen-bond donors (Lipinski definition) is 0. The summed E-state index contributed by atoms with van der Waals surface area (Å²) in [6, 6.07) is 7.73. The molecule has 0 unspecified atom stereocenters. The van der Waals surface area contributed by atoms with Crippen LogP contribution in [0.2, 0.25) is 0 Å². The van der Waals surface area contributed by atoms with Crippen molar-refractivity contribution in [3.05, 3.63) is 47.3 Å². The van der Waals surface area contributed by atoms with E-state index < -0.39 is 17.8 Å². The van der Waals surface area contributed by atoms with Gasteiger partial charge < -0.3 is 9.47 Å². The van der Waals surface area contributed by atoms with Gasteiger partial charge in [-0.05, 0) is 30.7 Å². The normalized spacial score (nSPS) is 11.4. The third kappa shape index (κ3) is 4.50. The third-order valence-electron chi connectivity index (χ3n) is 3.28. The van der Waals surface area contributed by atoms with E-state index in [2.05, 4.69) is 5.10 Å². The van der Waals surface area contributed by atoms with Crippen LogP contribution in [0.1, 0.15) is 23.9 Å². The van der Waals surface area contributed by atoms with Gasteiger partial charge in [0.1, 0.15) is 5.75 Å². The number of esters is 1. The van der Waals surface area contributed by atoms with Crippen molar-refractivity contribution in [3.8, 4) is 5.75 Å². The Labute approximate surface area is 137 Å². The zero-order chi connectivity index (χ0) is 17.7. The molecule has 1 aromatic heterocycles. The molecule has 2 aromatic rings. The van der Waals surface area contributed by atoms with E-state index in [0.29, 0.717) is 5.75 Å². The highest BCUT2D eigenvalue weighted by Gasteiger charge is 2.35. The Balaban J connectivity index is 2.27. The van der Waals surface area contributed by atoms with Crippen molar-refractivity contribution in [1.82, 2.24) is 9.78 Å². The van der Waals surface area contributed by atoms with E-state index in [1.807, 2.05) is 0 Å². The maximum absolute atomic E-state index is 12.9. The van der Waals surface area contributed by atoms with Crippen molar-refractivity contribution in [3.63, 3.8) is 0 Å². The molecule has 2 rings (SSSR count). The first-order chi connectivity index (χ1) is 11.3. The first kappa shape index (κ1) is 17.8. The molecule has 0 saturated heterocycles. The molecule has 0 aliphatic rings. The van der Waals surface area contributed by atoms with E-state index in [-0.39, 0.29) is 25.3 Å². The van der Waals surface area contributed by atoms with Gasteiger partial charge in [0.25, 0.3) is 0 Å². The van der Waals surface area contributed by atoms with Crippen LogP contribution in [-0.2, 0) is 28.7 Å². The van der Waals surface area contributed by atoms with E-state index in [1.165, 1.54) is 11.8 Å². The number of carbonyl (C=O) groups excluding carboxylic acids is 1. The lowest BCUT2D eigenvalue weighted by Gasteiger charge is -2.08. The average molecular weight is 342 g/mol. The quantitative estimate of drug-likeness (QED) is 0.757. The minimum absolute atomic E-state index is 0.106. The second-order valence-corrected chi connectivity index (χ2v) is 5.01. The van der Waals surface area contributed by atoms with Crippen LogP contribution in [0.25, 0.3) is 0 Å². The summed E-state index contributed by atoms with van der Waals surface area (Å²) >= 11 is 0. The number of nitrogens with zero attached hydrogens (tertiary/aromatic N) is 2. The summed E-state index contributed by atoms with van der Waals surface area (Å²) in [5.41, 5.74) is -0.148. The van der Waals surface area contributed by atoms with Gasteiger partial charge in [0.2, 0.25) is 0 Å². The molecule has 0 N–H and O–H groups in total. The lowest BCUT2D eigenvalue weighted by molar-refractivity contribution is -0.143. The fourth-order valence-corrected chi connectivity index (χ4v) is 2.14. The molecule has 130 valence electrons. The summed E-state index contributed by atoms with van der Waals surface area (Å²) in [6.07, 6.45) is -4.85. The molecule has 0 atom stereocenters. The fraction of sp³-hybridized carbons (Fsp3) is 0.375. The Morgan fingerprint density at radius 1 is 1.25 bits per heavy atom. The second-order valence-electron chi connectivity index (χ2n) is 5.01. The SMILES string of the molecule is CCOC(=O)Cc1cc(C(F)(F)F)nn1Cc1ccc(OC)cc1. The first-order valence-electron chi connectivity index (χ1n) is 7.26. The smallest absolute Gasteiger partial charge is 0.435 e. The van der Waals surface area contributed by atoms with E-state index >= 15 is 0 Å². The minimum atomic E-state index is -4.57. The van der Waals surface area contributed by atoms with Crippen LogP contribution in [0.5, 0.6) is 5.75 Å². The lowest BCUT2D eigenvalue weighted by atomic mass is 10.2. The van der Waals surface area contributed by atoms with Gasteiger partial charge in [-0.15, -0.1) is 0 Å². The van der Waals surface area contributed by atoms with Crippen molar-refractivity contribution < 1.29 is 27.4 Å². The predicted octanol–water partition coefficient (Wildman–Crippen LogP) is 3.06. The summed E-state index contributed by atoms with van der Waals surface area (Å²) < 4.78 is 49.7. The lowest BCUT2D eigenvalue weighted by Crippen LogP contribution is -2.13. The molecule has 0 radical (unpaired) electrons. The van der Waals surface area contributed by atoms with Crippen molar-refractivity contribution in [2.45, 2.75) is 26.1 Å². The molecule has 1 aromatic carbocycles. The maximum Gasteiger partial charge on any atom is 0.435 e. The monoisotopic (exact) mass is 342 g/mol. The highest BCUT2D eigenvalue weighted by Crippen LogP contribution is 2.29. The van der Waals surface area contributed by atoms with Crippen LogP contribution in [0.15, 0.2) is 30.3 Å². The van der Waals surface area contributed by atoms with Gasteiger partial charge in [-0.1, -0.05) is 12.1 Å². The molecular formula is C16H17F3N2O3. The summed E-state index contributed by atoms with van der Waals surface area (Å²) in [7, 11) is 1.52. The molecule has 0 aliphatic heterocycles. The molecule has 0 aliphatic carbocycles. The summed E-state index contributed by atoms with van der Waals surface area (Å²) in [4.78, 5) is 11.6. The average Bonchev–Trinajstić information content (AvgIpc) is 2.91. The zero-order valence-corrected chi connectivity index (χ0v) is 13.3. The number of aromatic nitrogens is 2. The largest absolute Gasteiger partial charge is 0.497 e. The van der Waals surface area contributed by atoms with Crippen LogP contribution in [0.3, 0.4) is 0 Å². The molecule has 0 saturated carbocycles. The number of alkyl halides is 3. The number of halogens is 3. The molecule has 8 heteroatoms. The molecule has 24 heavy (non-hydrogen) atoms. The van der Waals surface area contributed by atoms with Gasteiger partial charge in [-0.25, -0.2) is 0 Å². The number of ether oxygens (including phenoxy) is 2. The Morgan fingerprint density at radius 3 is 2.46 bits per heavy atom. The Kier molecular flexibility index (Phi) is 5.48. The van der Waals surface area contributed by atoms with Crippen LogP contribution < -0.4 is 4.74 Å². The fourth-order valence-electron chi connectivity index (χ4n) is 2.14. The molecule has 1 heterocycles. The van der Waals surface area contributed by atoms with Gasteiger partial charge in [-0.2, -0.15) is 18.3 Å². The van der Waals surface area contributed by atoms with E-state index in [0.717, 1.165) is 11.6 Å². The van der Waals surface area contributed by atoms with E-state index in [1.54, 1.807) is 31.2 Å². The number of benzene rings is 1. The molecule has 0 amide bonds. The number of methoxy groups -OCH3 is 1. The molecular weight excluding hydrogens is 325 g/mol. The van der Waals surface area contributed by atoms with Crippen molar-refractivity contribution >= 4 is 5.97 Å². The van der Waals surface area contributed by atoms with E-state index in [4.69, 9.17) is 9.47 Å².